The van der Waals surface area contributed by atoms with Crippen molar-refractivity contribution >= 4 is 0 Å². The maximum atomic E-state index is 11.7. The van der Waals surface area contributed by atoms with Gasteiger partial charge in [0.1, 0.15) is 0 Å². The van der Waals surface area contributed by atoms with Crippen LogP contribution in [0.5, 0.6) is 0 Å². The van der Waals surface area contributed by atoms with E-state index >= 15 is 0 Å². The average molecular weight is 426 g/mol. The van der Waals surface area contributed by atoms with E-state index in [4.69, 9.17) is 0 Å². The van der Waals surface area contributed by atoms with Gasteiger partial charge in [0, 0.05) is 0 Å². The van der Waals surface area contributed by atoms with Crippen LogP contribution in [0.15, 0.2) is 16.8 Å². The Morgan fingerprint density at radius 1 is 0.871 bits per heavy atom. The molecule has 0 aromatic rings. The van der Waals surface area contributed by atoms with E-state index in [2.05, 4.69) is 59.7 Å². The van der Waals surface area contributed by atoms with E-state index in [-0.39, 0.29) is 11.5 Å². The minimum Gasteiger partial charge on any atom is -0.150 e. The molecular weight excluding hydrogens is 378 g/mol. The van der Waals surface area contributed by atoms with E-state index in [0.29, 0.717) is 27.6 Å². The van der Waals surface area contributed by atoms with Gasteiger partial charge in [-0.1, -0.05) is 78.1 Å². The van der Waals surface area contributed by atoms with Crippen LogP contribution in [0.25, 0.3) is 0 Å². The quantitative estimate of drug-likeness (QED) is 0.305. The molecule has 5 aliphatic rings. The molecule has 174 valence electrons. The van der Waals surface area contributed by atoms with E-state index in [1.54, 1.807) is 0 Å². The molecule has 0 aromatic heterocycles. The van der Waals surface area contributed by atoms with E-state index in [1.165, 1.54) is 57.8 Å². The largest absolute Gasteiger partial charge is 0.150 e. The topological polar surface area (TPSA) is 29.4 Å². The third-order valence-corrected chi connectivity index (χ3v) is 12.9. The molecule has 0 saturated heterocycles. The lowest BCUT2D eigenvalue weighted by molar-refractivity contribution is -0.183. The molecule has 0 aliphatic heterocycles. The van der Waals surface area contributed by atoms with Crippen LogP contribution in [0.2, 0.25) is 0 Å². The Balaban J connectivity index is 1.58. The number of rotatable bonds is 1. The van der Waals surface area contributed by atoms with Crippen molar-refractivity contribution in [1.29, 1.82) is 0 Å². The highest BCUT2D eigenvalue weighted by Gasteiger charge is 2.68. The summed E-state index contributed by atoms with van der Waals surface area (Å²) >= 11 is 0. The van der Waals surface area contributed by atoms with Crippen LogP contribution in [0.3, 0.4) is 0 Å². The Morgan fingerprint density at radius 3 is 2.32 bits per heavy atom. The molecule has 0 radical (unpaired) electrons. The minimum atomic E-state index is -0.00121. The highest BCUT2D eigenvalue weighted by atomic mass is 16.3. The molecule has 9 atom stereocenters. The van der Waals surface area contributed by atoms with Crippen LogP contribution in [0, 0.1) is 55.7 Å². The van der Waals surface area contributed by atoms with Gasteiger partial charge < -0.3 is 0 Å². The highest BCUT2D eigenvalue weighted by molar-refractivity contribution is 5.33. The smallest absolute Gasteiger partial charge is 0.0973 e. The molecule has 0 spiro atoms. The number of hydrogen-bond donors (Lipinski definition) is 0. The second-order valence-electron chi connectivity index (χ2n) is 14.3. The van der Waals surface area contributed by atoms with Crippen LogP contribution >= 0.6 is 0 Å². The summed E-state index contributed by atoms with van der Waals surface area (Å²) in [6.07, 6.45) is 15.9. The zero-order chi connectivity index (χ0) is 22.4. The second-order valence-corrected chi connectivity index (χ2v) is 14.3. The van der Waals surface area contributed by atoms with Crippen molar-refractivity contribution in [3.05, 3.63) is 16.6 Å². The molecule has 5 aliphatic carbocycles. The van der Waals surface area contributed by atoms with Crippen molar-refractivity contribution in [1.82, 2.24) is 0 Å². The first kappa shape index (κ1) is 22.1. The molecule has 4 saturated carbocycles. The molecular formula is C29H47NO. The lowest BCUT2D eigenvalue weighted by atomic mass is 9.33. The summed E-state index contributed by atoms with van der Waals surface area (Å²) in [5.74, 6) is 3.00. The standard InChI is InChI=1S/C29H47NO/c1-19-9-8-14-26(4)17-18-28(6)20(24(19)26)10-11-22-27(5)15-13-23(30-31)25(2,3)21(27)12-16-29(22,28)7/h10,19,21-24H,8-9,11-18H2,1-7H3/t19-,21?,22?,23+,24?,26+,27-,28+,29+/m0/s1. The summed E-state index contributed by atoms with van der Waals surface area (Å²) in [7, 11) is 0. The van der Waals surface area contributed by atoms with E-state index in [9.17, 15) is 4.91 Å². The van der Waals surface area contributed by atoms with Crippen molar-refractivity contribution in [2.45, 2.75) is 119 Å². The van der Waals surface area contributed by atoms with Crippen LogP contribution < -0.4 is 0 Å². The zero-order valence-corrected chi connectivity index (χ0v) is 21.4. The van der Waals surface area contributed by atoms with Crippen molar-refractivity contribution < 1.29 is 0 Å². The maximum absolute atomic E-state index is 11.7. The molecule has 2 nitrogen and oxygen atoms in total. The third-order valence-electron chi connectivity index (χ3n) is 12.9. The Morgan fingerprint density at radius 2 is 1.61 bits per heavy atom. The lowest BCUT2D eigenvalue weighted by Crippen LogP contribution is -2.64. The second kappa shape index (κ2) is 6.69. The average Bonchev–Trinajstić information content (AvgIpc) is 2.68. The Labute approximate surface area is 191 Å². The molecule has 2 heteroatoms. The summed E-state index contributed by atoms with van der Waals surface area (Å²) < 4.78 is 0. The molecule has 5 rings (SSSR count). The summed E-state index contributed by atoms with van der Waals surface area (Å²) in [5, 5.41) is 3.62. The van der Waals surface area contributed by atoms with Gasteiger partial charge >= 0.3 is 0 Å². The third kappa shape index (κ3) is 2.63. The van der Waals surface area contributed by atoms with Crippen molar-refractivity contribution in [2.24, 2.45) is 55.9 Å². The van der Waals surface area contributed by atoms with Crippen LogP contribution in [0.4, 0.5) is 0 Å². The molecule has 0 aromatic carbocycles. The first-order valence-corrected chi connectivity index (χ1v) is 13.5. The Bertz CT molecular complexity index is 799. The molecule has 31 heavy (non-hydrogen) atoms. The van der Waals surface area contributed by atoms with Gasteiger partial charge in [0.15, 0.2) is 0 Å². The van der Waals surface area contributed by atoms with Crippen molar-refractivity contribution in [3.63, 3.8) is 0 Å². The number of allylic oxidation sites excluding steroid dienone is 2. The van der Waals surface area contributed by atoms with Gasteiger partial charge in [0.2, 0.25) is 0 Å². The van der Waals surface area contributed by atoms with Gasteiger partial charge in [-0.05, 0) is 102 Å². The van der Waals surface area contributed by atoms with Gasteiger partial charge in [0.25, 0.3) is 0 Å². The van der Waals surface area contributed by atoms with Gasteiger partial charge in [-0.2, -0.15) is 4.91 Å². The van der Waals surface area contributed by atoms with E-state index in [0.717, 1.165) is 24.2 Å². The summed E-state index contributed by atoms with van der Waals surface area (Å²) in [6, 6.07) is -0.00121. The summed E-state index contributed by atoms with van der Waals surface area (Å²) in [5.41, 5.74) is 3.51. The summed E-state index contributed by atoms with van der Waals surface area (Å²) in [4.78, 5) is 11.7. The zero-order valence-electron chi connectivity index (χ0n) is 21.4. The number of fused-ring (bicyclic) bond motifs is 7. The first-order chi connectivity index (χ1) is 14.4. The van der Waals surface area contributed by atoms with Gasteiger partial charge in [-0.3, -0.25) is 0 Å². The summed E-state index contributed by atoms with van der Waals surface area (Å²) in [6.45, 7) is 17.9. The van der Waals surface area contributed by atoms with Crippen LogP contribution in [-0.4, -0.2) is 6.04 Å². The lowest BCUT2D eigenvalue weighted by Gasteiger charge is -2.71. The van der Waals surface area contributed by atoms with Gasteiger partial charge in [-0.25, -0.2) is 0 Å². The molecule has 0 amide bonds. The minimum absolute atomic E-state index is 0.00121. The fraction of sp³-hybridized carbons (Fsp3) is 0.931. The number of nitrogens with zero attached hydrogens (tertiary/aromatic N) is 1. The van der Waals surface area contributed by atoms with Crippen molar-refractivity contribution in [3.8, 4) is 0 Å². The van der Waals surface area contributed by atoms with Crippen LogP contribution in [-0.2, 0) is 0 Å². The molecule has 0 heterocycles. The molecule has 0 bridgehead atoms. The molecule has 4 fully saturated rings. The van der Waals surface area contributed by atoms with Gasteiger partial charge in [0.05, 0.1) is 6.04 Å². The van der Waals surface area contributed by atoms with Gasteiger partial charge in [-0.15, -0.1) is 0 Å². The Hall–Kier alpha value is -0.660. The fourth-order valence-corrected chi connectivity index (χ4v) is 11.0. The normalized spacial score (nSPS) is 55.7. The fourth-order valence-electron chi connectivity index (χ4n) is 11.0. The maximum Gasteiger partial charge on any atom is 0.0973 e. The predicted octanol–water partition coefficient (Wildman–Crippen LogP) is 8.55. The van der Waals surface area contributed by atoms with E-state index in [1.807, 2.05) is 5.57 Å². The van der Waals surface area contributed by atoms with Crippen molar-refractivity contribution in [2.75, 3.05) is 0 Å². The first-order valence-electron chi connectivity index (χ1n) is 13.5. The molecule has 3 unspecified atom stereocenters. The number of hydrogen-bond acceptors (Lipinski definition) is 2. The SMILES string of the molecule is C[C@H]1CCC[C@]2(C)CC[C@]3(C)C(=CCC4[C@@]5(C)CC[C@@H](N=O)C(C)(C)C5CC[C@]43C)C12. The Kier molecular flexibility index (Phi) is 4.78. The highest BCUT2D eigenvalue weighted by Crippen LogP contribution is 2.75. The van der Waals surface area contributed by atoms with Crippen LogP contribution in [0.1, 0.15) is 113 Å². The predicted molar refractivity (Wildman–Crippen MR) is 130 cm³/mol. The monoisotopic (exact) mass is 425 g/mol. The molecule has 0 N–H and O–H groups in total. The number of nitroso groups, excluding NO2 is 1. The van der Waals surface area contributed by atoms with E-state index < -0.39 is 0 Å².